The first-order valence-corrected chi connectivity index (χ1v) is 8.93. The van der Waals surface area contributed by atoms with Crippen molar-refractivity contribution in [1.29, 1.82) is 5.26 Å². The second-order valence-electron chi connectivity index (χ2n) is 7.21. The Hall–Kier alpha value is -1.84. The lowest BCUT2D eigenvalue weighted by Crippen LogP contribution is -2.50. The quantitative estimate of drug-likeness (QED) is 0.784. The molecule has 1 aromatic heterocycles. The number of rotatable bonds is 4. The van der Waals surface area contributed by atoms with Crippen LogP contribution in [-0.4, -0.2) is 52.2 Å². The molecule has 1 aliphatic heterocycles. The van der Waals surface area contributed by atoms with Crippen LogP contribution in [0.3, 0.4) is 0 Å². The van der Waals surface area contributed by atoms with Gasteiger partial charge in [-0.2, -0.15) is 5.26 Å². The van der Waals surface area contributed by atoms with Crippen LogP contribution in [0.15, 0.2) is 12.1 Å². The zero-order chi connectivity index (χ0) is 17.0. The fourth-order valence-corrected chi connectivity index (χ4v) is 3.88. The minimum absolute atomic E-state index is 0.152. The molecule has 1 saturated heterocycles. The zero-order valence-corrected chi connectivity index (χ0v) is 14.1. The number of aromatic amines is 1. The zero-order valence-electron chi connectivity index (χ0n) is 14.1. The van der Waals surface area contributed by atoms with Crippen molar-refractivity contribution in [2.75, 3.05) is 19.6 Å². The molecule has 6 heteroatoms. The van der Waals surface area contributed by atoms with Gasteiger partial charge in [0.05, 0.1) is 5.60 Å². The molecule has 0 aromatic carbocycles. The third-order valence-corrected chi connectivity index (χ3v) is 5.28. The molecule has 3 N–H and O–H groups in total. The van der Waals surface area contributed by atoms with Crippen molar-refractivity contribution in [2.24, 2.45) is 0 Å². The molecule has 1 saturated carbocycles. The van der Waals surface area contributed by atoms with Gasteiger partial charge in [-0.25, -0.2) is 0 Å². The summed E-state index contributed by atoms with van der Waals surface area (Å²) in [4.78, 5) is 17.3. The highest BCUT2D eigenvalue weighted by Crippen LogP contribution is 2.29. The third-order valence-electron chi connectivity index (χ3n) is 5.28. The summed E-state index contributed by atoms with van der Waals surface area (Å²) in [6.07, 6.45) is 7.12. The van der Waals surface area contributed by atoms with Gasteiger partial charge in [-0.15, -0.1) is 0 Å². The Bertz CT molecular complexity index is 605. The number of amides is 1. The van der Waals surface area contributed by atoms with E-state index in [1.807, 2.05) is 6.07 Å². The summed E-state index contributed by atoms with van der Waals surface area (Å²) >= 11 is 0. The van der Waals surface area contributed by atoms with Gasteiger partial charge in [-0.05, 0) is 37.8 Å². The molecule has 2 aliphatic rings. The Labute approximate surface area is 142 Å². The van der Waals surface area contributed by atoms with Gasteiger partial charge in [-0.1, -0.05) is 19.3 Å². The average molecular weight is 330 g/mol. The predicted molar refractivity (Wildman–Crippen MR) is 90.5 cm³/mol. The number of aromatic nitrogens is 1. The molecule has 130 valence electrons. The van der Waals surface area contributed by atoms with Crippen molar-refractivity contribution in [3.63, 3.8) is 0 Å². The topological polar surface area (TPSA) is 92.2 Å². The van der Waals surface area contributed by atoms with E-state index in [-0.39, 0.29) is 11.9 Å². The smallest absolute Gasteiger partial charge is 0.267 e. The van der Waals surface area contributed by atoms with Gasteiger partial charge in [0, 0.05) is 25.7 Å². The van der Waals surface area contributed by atoms with Crippen LogP contribution in [0.2, 0.25) is 0 Å². The third kappa shape index (κ3) is 4.16. The van der Waals surface area contributed by atoms with Crippen molar-refractivity contribution in [3.8, 4) is 6.07 Å². The van der Waals surface area contributed by atoms with Gasteiger partial charge >= 0.3 is 0 Å². The van der Waals surface area contributed by atoms with E-state index in [9.17, 15) is 9.90 Å². The van der Waals surface area contributed by atoms with E-state index in [2.05, 4.69) is 15.2 Å². The number of carbonyl (C=O) groups is 1. The van der Waals surface area contributed by atoms with Crippen molar-refractivity contribution in [2.45, 2.75) is 56.6 Å². The molecule has 0 atom stereocenters. The predicted octanol–water partition coefficient (Wildman–Crippen LogP) is 1.78. The molecule has 1 aromatic rings. The van der Waals surface area contributed by atoms with Gasteiger partial charge in [0.2, 0.25) is 0 Å². The van der Waals surface area contributed by atoms with Gasteiger partial charge in [0.15, 0.2) is 0 Å². The van der Waals surface area contributed by atoms with Crippen LogP contribution in [0.1, 0.15) is 61.1 Å². The molecule has 6 nitrogen and oxygen atoms in total. The molecule has 2 heterocycles. The number of hydrogen-bond acceptors (Lipinski definition) is 4. The minimum atomic E-state index is -0.508. The van der Waals surface area contributed by atoms with Crippen molar-refractivity contribution in [3.05, 3.63) is 23.5 Å². The average Bonchev–Trinajstić information content (AvgIpc) is 3.06. The number of nitrogens with zero attached hydrogens (tertiary/aromatic N) is 2. The number of piperidine rings is 1. The van der Waals surface area contributed by atoms with E-state index in [0.29, 0.717) is 11.4 Å². The Morgan fingerprint density at radius 3 is 2.67 bits per heavy atom. The van der Waals surface area contributed by atoms with Gasteiger partial charge in [0.25, 0.3) is 5.91 Å². The van der Waals surface area contributed by atoms with Crippen LogP contribution >= 0.6 is 0 Å². The van der Waals surface area contributed by atoms with E-state index in [1.165, 1.54) is 6.42 Å². The SMILES string of the molecule is N#Cc1ccc(C(=O)NC2CCN(CC3(O)CCCCC3)CC2)[nH]1. The summed E-state index contributed by atoms with van der Waals surface area (Å²) in [5.41, 5.74) is 0.327. The lowest BCUT2D eigenvalue weighted by Gasteiger charge is -2.40. The maximum atomic E-state index is 12.2. The molecular weight excluding hydrogens is 304 g/mol. The van der Waals surface area contributed by atoms with E-state index in [1.54, 1.807) is 12.1 Å². The Balaban J connectivity index is 1.45. The maximum absolute atomic E-state index is 12.2. The van der Waals surface area contributed by atoms with E-state index in [0.717, 1.165) is 58.2 Å². The van der Waals surface area contributed by atoms with Gasteiger partial charge in [0.1, 0.15) is 17.5 Å². The fourth-order valence-electron chi connectivity index (χ4n) is 3.88. The summed E-state index contributed by atoms with van der Waals surface area (Å²) in [6, 6.07) is 5.40. The van der Waals surface area contributed by atoms with Gasteiger partial charge < -0.3 is 20.3 Å². The molecule has 1 aliphatic carbocycles. The molecule has 1 amide bonds. The van der Waals surface area contributed by atoms with Crippen molar-refractivity contribution < 1.29 is 9.90 Å². The number of nitrogens with one attached hydrogen (secondary N) is 2. The fraction of sp³-hybridized carbons (Fsp3) is 0.667. The number of β-amino-alcohol motifs (C(OH)–C–C–N with tert-alkyl or cyclic N) is 1. The highest BCUT2D eigenvalue weighted by atomic mass is 16.3. The first-order chi connectivity index (χ1) is 11.6. The molecular formula is C18H26N4O2. The monoisotopic (exact) mass is 330 g/mol. The number of nitriles is 1. The molecule has 2 fully saturated rings. The van der Waals surface area contributed by atoms with Crippen molar-refractivity contribution in [1.82, 2.24) is 15.2 Å². The number of likely N-dealkylation sites (tertiary alicyclic amines) is 1. The minimum Gasteiger partial charge on any atom is -0.389 e. The molecule has 24 heavy (non-hydrogen) atoms. The maximum Gasteiger partial charge on any atom is 0.267 e. The van der Waals surface area contributed by atoms with Crippen molar-refractivity contribution >= 4 is 5.91 Å². The van der Waals surface area contributed by atoms with E-state index < -0.39 is 5.60 Å². The molecule has 0 spiro atoms. The molecule has 0 radical (unpaired) electrons. The second kappa shape index (κ2) is 7.37. The Kier molecular flexibility index (Phi) is 5.22. The molecule has 0 unspecified atom stereocenters. The van der Waals surface area contributed by atoms with E-state index >= 15 is 0 Å². The molecule has 3 rings (SSSR count). The Morgan fingerprint density at radius 2 is 2.04 bits per heavy atom. The van der Waals surface area contributed by atoms with Gasteiger partial charge in [-0.3, -0.25) is 4.79 Å². The van der Waals surface area contributed by atoms with Crippen LogP contribution in [0.5, 0.6) is 0 Å². The number of hydrogen-bond donors (Lipinski definition) is 3. The van der Waals surface area contributed by atoms with Crippen LogP contribution in [0, 0.1) is 11.3 Å². The second-order valence-corrected chi connectivity index (χ2v) is 7.21. The number of H-pyrrole nitrogens is 1. The summed E-state index contributed by atoms with van der Waals surface area (Å²) in [5.74, 6) is -0.152. The summed E-state index contributed by atoms with van der Waals surface area (Å²) < 4.78 is 0. The summed E-state index contributed by atoms with van der Waals surface area (Å²) in [5, 5.41) is 22.5. The summed E-state index contributed by atoms with van der Waals surface area (Å²) in [6.45, 7) is 2.57. The number of carbonyl (C=O) groups excluding carboxylic acids is 1. The van der Waals surface area contributed by atoms with Crippen LogP contribution in [0.4, 0.5) is 0 Å². The standard InChI is InChI=1S/C18H26N4O2/c19-12-15-4-5-16(20-15)17(23)21-14-6-10-22(11-7-14)13-18(24)8-2-1-3-9-18/h4-5,14,20,24H,1-3,6-11,13H2,(H,21,23). The summed E-state index contributed by atoms with van der Waals surface area (Å²) in [7, 11) is 0. The first kappa shape index (κ1) is 17.0. The normalized spacial score (nSPS) is 22.0. The highest BCUT2D eigenvalue weighted by Gasteiger charge is 2.32. The van der Waals surface area contributed by atoms with Crippen LogP contribution in [-0.2, 0) is 0 Å². The van der Waals surface area contributed by atoms with Crippen LogP contribution in [0.25, 0.3) is 0 Å². The molecule has 0 bridgehead atoms. The Morgan fingerprint density at radius 1 is 1.33 bits per heavy atom. The number of aliphatic hydroxyl groups is 1. The largest absolute Gasteiger partial charge is 0.389 e. The van der Waals surface area contributed by atoms with E-state index in [4.69, 9.17) is 5.26 Å². The first-order valence-electron chi connectivity index (χ1n) is 8.93. The van der Waals surface area contributed by atoms with Crippen LogP contribution < -0.4 is 5.32 Å². The highest BCUT2D eigenvalue weighted by molar-refractivity contribution is 5.92. The lowest BCUT2D eigenvalue weighted by molar-refractivity contribution is -0.0312. The lowest BCUT2D eigenvalue weighted by atomic mass is 9.84.